The molecule has 0 aliphatic heterocycles. The lowest BCUT2D eigenvalue weighted by molar-refractivity contribution is 0.0950. The topological polar surface area (TPSA) is 81.9 Å². The summed E-state index contributed by atoms with van der Waals surface area (Å²) < 4.78 is 6.88. The lowest BCUT2D eigenvalue weighted by Crippen LogP contribution is -2.26. The monoisotopic (exact) mass is 315 g/mol. The van der Waals surface area contributed by atoms with Crippen LogP contribution >= 0.6 is 0 Å². The van der Waals surface area contributed by atoms with Crippen LogP contribution in [0, 0.1) is 18.8 Å². The number of aromatic nitrogens is 4. The van der Waals surface area contributed by atoms with Crippen molar-refractivity contribution in [3.8, 4) is 11.7 Å². The Kier molecular flexibility index (Phi) is 4.27. The highest BCUT2D eigenvalue weighted by Gasteiger charge is 2.32. The minimum Gasteiger partial charge on any atom is -0.477 e. The molecule has 23 heavy (non-hydrogen) atoms. The van der Waals surface area contributed by atoms with Crippen molar-refractivity contribution < 1.29 is 9.53 Å². The maximum atomic E-state index is 12.3. The minimum absolute atomic E-state index is 0.0910. The number of rotatable bonds is 6. The second-order valence-electron chi connectivity index (χ2n) is 5.90. The zero-order chi connectivity index (χ0) is 16.4. The molecular formula is C16H21N5O2. The van der Waals surface area contributed by atoms with Crippen molar-refractivity contribution in [2.75, 3.05) is 13.2 Å². The molecule has 0 aromatic carbocycles. The highest BCUT2D eigenvalue weighted by atomic mass is 16.5. The van der Waals surface area contributed by atoms with Gasteiger partial charge < -0.3 is 10.1 Å². The van der Waals surface area contributed by atoms with Gasteiger partial charge in [-0.1, -0.05) is 6.92 Å². The molecule has 0 saturated heterocycles. The molecule has 2 aromatic rings. The van der Waals surface area contributed by atoms with Gasteiger partial charge in [0.1, 0.15) is 0 Å². The number of nitrogens with zero attached hydrogens (tertiary/aromatic N) is 4. The zero-order valence-electron chi connectivity index (χ0n) is 13.6. The van der Waals surface area contributed by atoms with E-state index in [9.17, 15) is 4.79 Å². The van der Waals surface area contributed by atoms with E-state index in [1.54, 1.807) is 23.0 Å². The maximum absolute atomic E-state index is 12.3. The molecule has 0 unspecified atom stereocenters. The van der Waals surface area contributed by atoms with Crippen molar-refractivity contribution in [2.45, 2.75) is 27.2 Å². The van der Waals surface area contributed by atoms with Gasteiger partial charge in [-0.15, -0.1) is 10.2 Å². The van der Waals surface area contributed by atoms with Gasteiger partial charge in [0.05, 0.1) is 24.1 Å². The number of hydrogen-bond acceptors (Lipinski definition) is 5. The van der Waals surface area contributed by atoms with E-state index in [4.69, 9.17) is 4.74 Å². The Morgan fingerprint density at radius 2 is 2.22 bits per heavy atom. The molecule has 1 amide bonds. The normalized spacial score (nSPS) is 19.4. The first kappa shape index (κ1) is 15.5. The molecule has 1 fully saturated rings. The standard InChI is InChI=1S/C16H21N5O2/c1-4-23-15-6-5-14(19-20-15)21-11(3)13(9-18-21)16(22)17-8-12-7-10(12)2/h5-6,9-10,12H,4,7-8H2,1-3H3,(H,17,22)/t10-,12+/m1/s1. The number of carbonyl (C=O) groups excluding carboxylic acids is 1. The second kappa shape index (κ2) is 6.36. The molecule has 7 heteroatoms. The lowest BCUT2D eigenvalue weighted by atomic mass is 10.2. The van der Waals surface area contributed by atoms with Gasteiger partial charge >= 0.3 is 0 Å². The molecule has 1 aliphatic carbocycles. The average Bonchev–Trinajstić information content (AvgIpc) is 3.12. The van der Waals surface area contributed by atoms with Crippen LogP contribution in [0.1, 0.15) is 36.3 Å². The highest BCUT2D eigenvalue weighted by molar-refractivity contribution is 5.95. The zero-order valence-corrected chi connectivity index (χ0v) is 13.6. The van der Waals surface area contributed by atoms with Gasteiger partial charge in [-0.25, -0.2) is 4.68 Å². The Bertz CT molecular complexity index is 695. The van der Waals surface area contributed by atoms with Crippen LogP contribution < -0.4 is 10.1 Å². The van der Waals surface area contributed by atoms with Crippen LogP contribution in [0.15, 0.2) is 18.3 Å². The third kappa shape index (κ3) is 3.33. The Morgan fingerprint density at radius 3 is 2.83 bits per heavy atom. The summed E-state index contributed by atoms with van der Waals surface area (Å²) in [5.41, 5.74) is 1.30. The first-order valence-corrected chi connectivity index (χ1v) is 7.89. The summed E-state index contributed by atoms with van der Waals surface area (Å²) in [6.45, 7) is 7.21. The molecule has 2 atom stereocenters. The summed E-state index contributed by atoms with van der Waals surface area (Å²) in [5.74, 6) is 2.27. The van der Waals surface area contributed by atoms with Crippen LogP contribution in [0.2, 0.25) is 0 Å². The van der Waals surface area contributed by atoms with Crippen molar-refractivity contribution in [3.63, 3.8) is 0 Å². The van der Waals surface area contributed by atoms with E-state index in [1.165, 1.54) is 6.42 Å². The summed E-state index contributed by atoms with van der Waals surface area (Å²) in [7, 11) is 0. The second-order valence-corrected chi connectivity index (χ2v) is 5.90. The lowest BCUT2D eigenvalue weighted by Gasteiger charge is -2.06. The molecule has 2 heterocycles. The van der Waals surface area contributed by atoms with Crippen molar-refractivity contribution in [1.82, 2.24) is 25.3 Å². The Labute approximate surface area is 135 Å². The molecule has 2 aromatic heterocycles. The Morgan fingerprint density at radius 1 is 1.43 bits per heavy atom. The summed E-state index contributed by atoms with van der Waals surface area (Å²) in [6.07, 6.45) is 2.76. The number of nitrogens with one attached hydrogen (secondary N) is 1. The van der Waals surface area contributed by atoms with E-state index in [2.05, 4.69) is 27.5 Å². The van der Waals surface area contributed by atoms with Gasteiger partial charge in [-0.2, -0.15) is 5.10 Å². The van der Waals surface area contributed by atoms with Gasteiger partial charge in [0, 0.05) is 12.6 Å². The van der Waals surface area contributed by atoms with Crippen molar-refractivity contribution in [3.05, 3.63) is 29.6 Å². The summed E-state index contributed by atoms with van der Waals surface area (Å²) in [4.78, 5) is 12.3. The highest BCUT2D eigenvalue weighted by Crippen LogP contribution is 2.36. The van der Waals surface area contributed by atoms with Crippen molar-refractivity contribution in [2.24, 2.45) is 11.8 Å². The van der Waals surface area contributed by atoms with Gasteiger partial charge in [-0.3, -0.25) is 4.79 Å². The first-order chi connectivity index (χ1) is 11.1. The Balaban J connectivity index is 1.71. The van der Waals surface area contributed by atoms with Gasteiger partial charge in [-0.05, 0) is 38.2 Å². The van der Waals surface area contributed by atoms with Crippen LogP contribution in [-0.4, -0.2) is 39.0 Å². The number of amides is 1. The third-order valence-electron chi connectivity index (χ3n) is 4.19. The summed E-state index contributed by atoms with van der Waals surface area (Å²) >= 11 is 0. The third-order valence-corrected chi connectivity index (χ3v) is 4.19. The van der Waals surface area contributed by atoms with E-state index in [-0.39, 0.29) is 5.91 Å². The number of hydrogen-bond donors (Lipinski definition) is 1. The molecule has 1 aliphatic rings. The predicted molar refractivity (Wildman–Crippen MR) is 84.7 cm³/mol. The molecule has 3 rings (SSSR count). The molecular weight excluding hydrogens is 294 g/mol. The fourth-order valence-corrected chi connectivity index (χ4v) is 2.52. The van der Waals surface area contributed by atoms with E-state index in [0.29, 0.717) is 29.8 Å². The number of carbonyl (C=O) groups is 1. The molecule has 0 radical (unpaired) electrons. The van der Waals surface area contributed by atoms with Crippen LogP contribution in [-0.2, 0) is 0 Å². The van der Waals surface area contributed by atoms with E-state index >= 15 is 0 Å². The fraction of sp³-hybridized carbons (Fsp3) is 0.500. The SMILES string of the molecule is CCOc1ccc(-n2ncc(C(=O)NC[C@@H]3C[C@H]3C)c2C)nn1. The fourth-order valence-electron chi connectivity index (χ4n) is 2.52. The maximum Gasteiger partial charge on any atom is 0.254 e. The van der Waals surface area contributed by atoms with Crippen LogP contribution in [0.4, 0.5) is 0 Å². The smallest absolute Gasteiger partial charge is 0.254 e. The quantitative estimate of drug-likeness (QED) is 0.878. The van der Waals surface area contributed by atoms with E-state index < -0.39 is 0 Å². The molecule has 7 nitrogen and oxygen atoms in total. The molecule has 0 spiro atoms. The van der Waals surface area contributed by atoms with Gasteiger partial charge in [0.15, 0.2) is 5.82 Å². The molecule has 0 bridgehead atoms. The van der Waals surface area contributed by atoms with Crippen molar-refractivity contribution in [1.29, 1.82) is 0 Å². The van der Waals surface area contributed by atoms with E-state index in [1.807, 2.05) is 13.8 Å². The predicted octanol–water partition coefficient (Wildman–Crippen LogP) is 1.76. The number of ether oxygens (including phenoxy) is 1. The molecule has 122 valence electrons. The molecule has 1 saturated carbocycles. The van der Waals surface area contributed by atoms with Gasteiger partial charge in [0.25, 0.3) is 5.91 Å². The summed E-state index contributed by atoms with van der Waals surface area (Å²) in [5, 5.41) is 15.3. The van der Waals surface area contributed by atoms with Gasteiger partial charge in [0.2, 0.25) is 5.88 Å². The van der Waals surface area contributed by atoms with Crippen LogP contribution in [0.3, 0.4) is 0 Å². The first-order valence-electron chi connectivity index (χ1n) is 7.89. The van der Waals surface area contributed by atoms with Crippen molar-refractivity contribution >= 4 is 5.91 Å². The summed E-state index contributed by atoms with van der Waals surface area (Å²) in [6, 6.07) is 3.51. The minimum atomic E-state index is -0.0910. The van der Waals surface area contributed by atoms with Crippen LogP contribution in [0.25, 0.3) is 5.82 Å². The van der Waals surface area contributed by atoms with E-state index in [0.717, 1.165) is 18.2 Å². The largest absolute Gasteiger partial charge is 0.477 e. The molecule has 1 N–H and O–H groups in total. The Hall–Kier alpha value is -2.44. The van der Waals surface area contributed by atoms with Crippen LogP contribution in [0.5, 0.6) is 5.88 Å². The average molecular weight is 315 g/mol.